The third-order valence-corrected chi connectivity index (χ3v) is 2.57. The van der Waals surface area contributed by atoms with Crippen molar-refractivity contribution in [3.63, 3.8) is 0 Å². The highest BCUT2D eigenvalue weighted by Gasteiger charge is 2.10. The molecule has 0 aliphatic heterocycles. The number of aromatic carboxylic acids is 1. The molecule has 5 nitrogen and oxygen atoms in total. The van der Waals surface area contributed by atoms with E-state index in [1.54, 1.807) is 12.1 Å². The van der Waals surface area contributed by atoms with E-state index in [-0.39, 0.29) is 17.2 Å². The van der Waals surface area contributed by atoms with Crippen molar-refractivity contribution in [1.82, 2.24) is 5.32 Å². The summed E-state index contributed by atoms with van der Waals surface area (Å²) in [6, 6.07) is 3.38. The van der Waals surface area contributed by atoms with Crippen LogP contribution in [0, 0.1) is 6.92 Å². The minimum Gasteiger partial charge on any atom is -0.478 e. The molecule has 0 unspecified atom stereocenters. The minimum atomic E-state index is -1.03. The Morgan fingerprint density at radius 3 is 2.68 bits per heavy atom. The third-order valence-electron chi connectivity index (χ3n) is 2.57. The number of hydrogen-bond donors (Lipinski definition) is 3. The number of aryl methyl sites for hydroxylation is 1. The lowest BCUT2D eigenvalue weighted by atomic mass is 10.0. The number of benzene rings is 1. The summed E-state index contributed by atoms with van der Waals surface area (Å²) in [4.78, 5) is 21.7. The van der Waals surface area contributed by atoms with E-state index in [0.29, 0.717) is 18.5 Å². The van der Waals surface area contributed by atoms with E-state index in [9.17, 15) is 9.59 Å². The number of amides is 1. The minimum absolute atomic E-state index is 0.0726. The molecule has 0 atom stereocenters. The highest BCUT2D eigenvalue weighted by Crippen LogP contribution is 2.21. The van der Waals surface area contributed by atoms with Gasteiger partial charge < -0.3 is 16.2 Å². The van der Waals surface area contributed by atoms with Crippen LogP contribution in [-0.2, 0) is 4.79 Å². The summed E-state index contributed by atoms with van der Waals surface area (Å²) in [5.74, 6) is -1.11. The Balaban J connectivity index is 2.80. The largest absolute Gasteiger partial charge is 0.478 e. The molecule has 0 aromatic heterocycles. The molecular formula is C14H18N2O3. The molecule has 0 radical (unpaired) electrons. The fourth-order valence-electron chi connectivity index (χ4n) is 1.68. The van der Waals surface area contributed by atoms with Gasteiger partial charge in [0.05, 0.1) is 11.3 Å². The quantitative estimate of drug-likeness (QED) is 0.557. The summed E-state index contributed by atoms with van der Waals surface area (Å²) in [6.07, 6.45) is 4.29. The van der Waals surface area contributed by atoms with Crippen LogP contribution >= 0.6 is 0 Å². The van der Waals surface area contributed by atoms with Gasteiger partial charge in [-0.2, -0.15) is 0 Å². The first-order valence-electron chi connectivity index (χ1n) is 5.96. The van der Waals surface area contributed by atoms with Gasteiger partial charge >= 0.3 is 5.97 Å². The molecule has 1 aromatic rings. The predicted molar refractivity (Wildman–Crippen MR) is 74.9 cm³/mol. The van der Waals surface area contributed by atoms with Crippen molar-refractivity contribution in [2.45, 2.75) is 20.3 Å². The van der Waals surface area contributed by atoms with Gasteiger partial charge in [0.1, 0.15) is 0 Å². The maximum absolute atomic E-state index is 11.0. The summed E-state index contributed by atoms with van der Waals surface area (Å²) in [5, 5.41) is 11.7. The monoisotopic (exact) mass is 262 g/mol. The molecule has 102 valence electrons. The molecular weight excluding hydrogens is 244 g/mol. The SMILES string of the molecule is CC(=O)NCCC=Cc1cc(C)cc(C(=O)O)c1N. The molecule has 0 saturated heterocycles. The number of anilines is 1. The van der Waals surface area contributed by atoms with Crippen molar-refractivity contribution in [3.8, 4) is 0 Å². The van der Waals surface area contributed by atoms with Gasteiger partial charge in [-0.1, -0.05) is 12.2 Å². The van der Waals surface area contributed by atoms with Gasteiger partial charge in [-0.3, -0.25) is 4.79 Å². The number of carbonyl (C=O) groups is 2. The highest BCUT2D eigenvalue weighted by atomic mass is 16.4. The normalized spacial score (nSPS) is 10.6. The van der Waals surface area contributed by atoms with E-state index < -0.39 is 5.97 Å². The van der Waals surface area contributed by atoms with Gasteiger partial charge in [-0.15, -0.1) is 0 Å². The Hall–Kier alpha value is -2.30. The van der Waals surface area contributed by atoms with E-state index in [4.69, 9.17) is 10.8 Å². The first kappa shape index (κ1) is 14.8. The summed E-state index contributed by atoms with van der Waals surface area (Å²) in [7, 11) is 0. The van der Waals surface area contributed by atoms with E-state index in [1.165, 1.54) is 6.92 Å². The average molecular weight is 262 g/mol. The number of rotatable bonds is 5. The number of carbonyl (C=O) groups excluding carboxylic acids is 1. The van der Waals surface area contributed by atoms with Crippen LogP contribution in [0.15, 0.2) is 18.2 Å². The van der Waals surface area contributed by atoms with Crippen molar-refractivity contribution in [2.75, 3.05) is 12.3 Å². The molecule has 0 bridgehead atoms. The lowest BCUT2D eigenvalue weighted by Gasteiger charge is -2.07. The Morgan fingerprint density at radius 1 is 1.42 bits per heavy atom. The second-order valence-electron chi connectivity index (χ2n) is 4.29. The van der Waals surface area contributed by atoms with Crippen LogP contribution in [0.3, 0.4) is 0 Å². The zero-order valence-electron chi connectivity index (χ0n) is 11.1. The first-order chi connectivity index (χ1) is 8.91. The van der Waals surface area contributed by atoms with E-state index in [1.807, 2.05) is 19.1 Å². The van der Waals surface area contributed by atoms with Gasteiger partial charge in [0, 0.05) is 13.5 Å². The molecule has 0 heterocycles. The van der Waals surface area contributed by atoms with E-state index >= 15 is 0 Å². The van der Waals surface area contributed by atoms with Gasteiger partial charge in [0.2, 0.25) is 5.91 Å². The van der Waals surface area contributed by atoms with Crippen molar-refractivity contribution in [2.24, 2.45) is 0 Å². The first-order valence-corrected chi connectivity index (χ1v) is 5.96. The molecule has 0 aliphatic carbocycles. The van der Waals surface area contributed by atoms with Crippen LogP contribution in [0.5, 0.6) is 0 Å². The van der Waals surface area contributed by atoms with Crippen LogP contribution in [0.25, 0.3) is 6.08 Å². The van der Waals surface area contributed by atoms with Crippen molar-refractivity contribution < 1.29 is 14.7 Å². The lowest BCUT2D eigenvalue weighted by molar-refractivity contribution is -0.118. The Kier molecular flexibility index (Phi) is 5.11. The Labute approximate surface area is 112 Å². The maximum Gasteiger partial charge on any atom is 0.337 e. The predicted octanol–water partition coefficient (Wildman–Crippen LogP) is 1.81. The lowest BCUT2D eigenvalue weighted by Crippen LogP contribution is -2.20. The second kappa shape index (κ2) is 6.58. The number of nitrogens with two attached hydrogens (primary N) is 1. The smallest absolute Gasteiger partial charge is 0.337 e. The van der Waals surface area contributed by atoms with Crippen LogP contribution in [0.4, 0.5) is 5.69 Å². The topological polar surface area (TPSA) is 92.4 Å². The van der Waals surface area contributed by atoms with Gasteiger partial charge in [-0.05, 0) is 36.6 Å². The molecule has 1 aromatic carbocycles. The fourth-order valence-corrected chi connectivity index (χ4v) is 1.68. The summed E-state index contributed by atoms with van der Waals surface area (Å²) in [6.45, 7) is 3.82. The van der Waals surface area contributed by atoms with Crippen molar-refractivity contribution in [1.29, 1.82) is 0 Å². The average Bonchev–Trinajstić information content (AvgIpc) is 2.31. The number of hydrogen-bond acceptors (Lipinski definition) is 3. The summed E-state index contributed by atoms with van der Waals surface area (Å²) < 4.78 is 0. The van der Waals surface area contributed by atoms with Gasteiger partial charge in [0.25, 0.3) is 0 Å². The standard InChI is InChI=1S/C14H18N2O3/c1-9-7-11(5-3-4-6-16-10(2)17)13(15)12(8-9)14(18)19/h3,5,7-8H,4,6,15H2,1-2H3,(H,16,17)(H,18,19). The molecule has 4 N–H and O–H groups in total. The molecule has 0 aliphatic rings. The molecule has 0 spiro atoms. The van der Waals surface area contributed by atoms with E-state index in [2.05, 4.69) is 5.32 Å². The van der Waals surface area contributed by atoms with Crippen molar-refractivity contribution >= 4 is 23.6 Å². The van der Waals surface area contributed by atoms with Gasteiger partial charge in [-0.25, -0.2) is 4.79 Å². The maximum atomic E-state index is 11.0. The molecule has 19 heavy (non-hydrogen) atoms. The van der Waals surface area contributed by atoms with Gasteiger partial charge in [0.15, 0.2) is 0 Å². The number of carboxylic acid groups (broad SMARTS) is 1. The third kappa shape index (κ3) is 4.46. The highest BCUT2D eigenvalue weighted by molar-refractivity contribution is 5.96. The summed E-state index contributed by atoms with van der Waals surface area (Å²) in [5.41, 5.74) is 7.71. The molecule has 0 fully saturated rings. The van der Waals surface area contributed by atoms with Crippen LogP contribution in [0.2, 0.25) is 0 Å². The molecule has 1 rings (SSSR count). The number of carboxylic acids is 1. The molecule has 1 amide bonds. The number of nitrogens with one attached hydrogen (secondary N) is 1. The fraction of sp³-hybridized carbons (Fsp3) is 0.286. The van der Waals surface area contributed by atoms with Crippen molar-refractivity contribution in [3.05, 3.63) is 34.9 Å². The van der Waals surface area contributed by atoms with Crippen LogP contribution in [-0.4, -0.2) is 23.5 Å². The van der Waals surface area contributed by atoms with E-state index in [0.717, 1.165) is 5.56 Å². The molecule has 5 heteroatoms. The van der Waals surface area contributed by atoms with Crippen LogP contribution < -0.4 is 11.1 Å². The second-order valence-corrected chi connectivity index (χ2v) is 4.29. The summed E-state index contributed by atoms with van der Waals surface area (Å²) >= 11 is 0. The zero-order valence-corrected chi connectivity index (χ0v) is 11.1. The number of nitrogen functional groups attached to an aromatic ring is 1. The Morgan fingerprint density at radius 2 is 2.11 bits per heavy atom. The Bertz CT molecular complexity index is 522. The molecule has 0 saturated carbocycles. The van der Waals surface area contributed by atoms with Crippen LogP contribution in [0.1, 0.15) is 34.8 Å². The zero-order chi connectivity index (χ0) is 14.4.